The predicted octanol–water partition coefficient (Wildman–Crippen LogP) is 2.46. The molecular weight excluding hydrogens is 536 g/mol. The molecule has 2 atom stereocenters. The lowest BCUT2D eigenvalue weighted by Gasteiger charge is -2.40. The fraction of sp³-hybridized carbons (Fsp3) is 0.462. The third kappa shape index (κ3) is 4.59. The van der Waals surface area contributed by atoms with Crippen LogP contribution in [0.1, 0.15) is 36.2 Å². The summed E-state index contributed by atoms with van der Waals surface area (Å²) in [6.45, 7) is 7.17. The highest BCUT2D eigenvalue weighted by atomic mass is 19.4. The maximum Gasteiger partial charge on any atom is 0.418 e. The Bertz CT molecular complexity index is 1400. The second kappa shape index (κ2) is 9.61. The summed E-state index contributed by atoms with van der Waals surface area (Å²) in [5, 5.41) is 10.4. The number of ether oxygens (including phenoxy) is 1. The molecule has 2 aromatic rings. The van der Waals surface area contributed by atoms with Crippen LogP contribution in [0, 0.1) is 5.82 Å². The number of aliphatic hydroxyl groups is 1. The molecule has 2 fully saturated rings. The largest absolute Gasteiger partial charge is 0.487 e. The number of aromatic nitrogens is 2. The monoisotopic (exact) mass is 564 g/mol. The summed E-state index contributed by atoms with van der Waals surface area (Å²) in [7, 11) is 0. The molecule has 3 aliphatic heterocycles. The smallest absolute Gasteiger partial charge is 0.418 e. The predicted molar refractivity (Wildman–Crippen MR) is 136 cm³/mol. The minimum atomic E-state index is -4.92. The number of hydrogen-bond donors (Lipinski definition) is 2. The van der Waals surface area contributed by atoms with Crippen molar-refractivity contribution in [3.63, 3.8) is 0 Å². The summed E-state index contributed by atoms with van der Waals surface area (Å²) in [6, 6.07) is 0.968. The molecule has 2 unspecified atom stereocenters. The molecule has 0 bridgehead atoms. The SMILES string of the molecule is C=CC(=O)N1CCN2C(=O)c3c(N4CC(O)CC4(C)C)nc(-c4nc(N)ccc4C(F)(F)F)c(F)c3OCC2C1. The average Bonchev–Trinajstić information content (AvgIpc) is 3.07. The Morgan fingerprint density at radius 1 is 1.23 bits per heavy atom. The molecule has 0 aliphatic carbocycles. The summed E-state index contributed by atoms with van der Waals surface area (Å²) < 4.78 is 63.9. The number of amides is 2. The van der Waals surface area contributed by atoms with E-state index >= 15 is 4.39 Å². The number of alkyl halides is 3. The first-order valence-electron chi connectivity index (χ1n) is 12.6. The van der Waals surface area contributed by atoms with Crippen molar-refractivity contribution in [2.45, 2.75) is 44.1 Å². The number of β-amino-alcohol motifs (C(OH)–C–C–N with tert-alkyl or cyclic N) is 1. The zero-order valence-electron chi connectivity index (χ0n) is 21.8. The van der Waals surface area contributed by atoms with Gasteiger partial charge >= 0.3 is 6.18 Å². The van der Waals surface area contributed by atoms with Crippen molar-refractivity contribution in [2.75, 3.05) is 43.4 Å². The van der Waals surface area contributed by atoms with Crippen LogP contribution < -0.4 is 15.4 Å². The topological polar surface area (TPSA) is 125 Å². The molecule has 5 heterocycles. The molecule has 3 aliphatic rings. The molecule has 214 valence electrons. The first-order chi connectivity index (χ1) is 18.7. The molecule has 0 spiro atoms. The van der Waals surface area contributed by atoms with Gasteiger partial charge in [0.25, 0.3) is 5.91 Å². The van der Waals surface area contributed by atoms with Gasteiger partial charge in [-0.3, -0.25) is 9.59 Å². The Morgan fingerprint density at radius 3 is 2.58 bits per heavy atom. The van der Waals surface area contributed by atoms with E-state index in [1.54, 1.807) is 18.7 Å². The summed E-state index contributed by atoms with van der Waals surface area (Å²) in [5.41, 5.74) is 1.71. The van der Waals surface area contributed by atoms with Gasteiger partial charge < -0.3 is 30.3 Å². The summed E-state index contributed by atoms with van der Waals surface area (Å²) in [6.07, 6.45) is -4.34. The number of halogens is 4. The van der Waals surface area contributed by atoms with E-state index in [2.05, 4.69) is 16.5 Å². The van der Waals surface area contributed by atoms with Gasteiger partial charge in [-0.05, 0) is 38.5 Å². The van der Waals surface area contributed by atoms with Crippen LogP contribution in [0.4, 0.5) is 29.2 Å². The lowest BCUT2D eigenvalue weighted by Crippen LogP contribution is -2.57. The molecule has 0 radical (unpaired) electrons. The van der Waals surface area contributed by atoms with E-state index in [1.165, 1.54) is 9.80 Å². The van der Waals surface area contributed by atoms with Crippen LogP contribution in [0.3, 0.4) is 0 Å². The van der Waals surface area contributed by atoms with E-state index in [-0.39, 0.29) is 62.3 Å². The number of piperazine rings is 1. The van der Waals surface area contributed by atoms with Gasteiger partial charge in [0.2, 0.25) is 5.91 Å². The first kappa shape index (κ1) is 27.6. The van der Waals surface area contributed by atoms with Crippen molar-refractivity contribution in [1.82, 2.24) is 19.8 Å². The third-order valence-electron chi connectivity index (χ3n) is 7.50. The van der Waals surface area contributed by atoms with Crippen LogP contribution in [0.25, 0.3) is 11.4 Å². The van der Waals surface area contributed by atoms with Gasteiger partial charge in [-0.15, -0.1) is 0 Å². The van der Waals surface area contributed by atoms with E-state index in [1.807, 2.05) is 0 Å². The van der Waals surface area contributed by atoms with Crippen molar-refractivity contribution in [1.29, 1.82) is 0 Å². The van der Waals surface area contributed by atoms with E-state index in [0.717, 1.165) is 12.1 Å². The quantitative estimate of drug-likeness (QED) is 0.431. The van der Waals surface area contributed by atoms with Crippen LogP contribution >= 0.6 is 0 Å². The molecule has 10 nitrogen and oxygen atoms in total. The van der Waals surface area contributed by atoms with Crippen LogP contribution in [0.5, 0.6) is 5.75 Å². The molecular formula is C26H28F4N6O4. The van der Waals surface area contributed by atoms with Crippen molar-refractivity contribution in [3.8, 4) is 17.1 Å². The third-order valence-corrected chi connectivity index (χ3v) is 7.50. The highest BCUT2D eigenvalue weighted by molar-refractivity contribution is 6.03. The molecule has 40 heavy (non-hydrogen) atoms. The maximum atomic E-state index is 16.2. The Labute approximate surface area is 227 Å². The summed E-state index contributed by atoms with van der Waals surface area (Å²) in [5.74, 6) is -3.29. The van der Waals surface area contributed by atoms with Crippen LogP contribution in [-0.2, 0) is 11.0 Å². The van der Waals surface area contributed by atoms with Gasteiger partial charge in [-0.25, -0.2) is 14.4 Å². The zero-order valence-corrected chi connectivity index (χ0v) is 21.8. The second-order valence-corrected chi connectivity index (χ2v) is 10.7. The number of nitrogens with zero attached hydrogens (tertiary/aromatic N) is 5. The Kier molecular flexibility index (Phi) is 6.63. The molecule has 2 aromatic heterocycles. The fourth-order valence-electron chi connectivity index (χ4n) is 5.59. The number of nitrogen functional groups attached to an aromatic ring is 1. The van der Waals surface area contributed by atoms with Crippen molar-refractivity contribution >= 4 is 23.5 Å². The van der Waals surface area contributed by atoms with Crippen LogP contribution in [-0.4, -0.2) is 87.2 Å². The molecule has 3 N–H and O–H groups in total. The number of carbonyl (C=O) groups excluding carboxylic acids is 2. The molecule has 2 saturated heterocycles. The summed E-state index contributed by atoms with van der Waals surface area (Å²) >= 11 is 0. The lowest BCUT2D eigenvalue weighted by molar-refractivity contribution is -0.137. The highest BCUT2D eigenvalue weighted by Crippen LogP contribution is 2.45. The number of pyridine rings is 2. The molecule has 2 amide bonds. The Hall–Kier alpha value is -3.94. The van der Waals surface area contributed by atoms with Gasteiger partial charge in [0.15, 0.2) is 11.6 Å². The standard InChI is InChI=1S/C26H28F4N6O4/c1-4-17(38)34-7-8-35-13(10-34)12-40-22-18(24(35)39)23(36-11-14(37)9-25(36,2)3)33-21(19(22)27)20-15(26(28,29)30)5-6-16(31)32-20/h4-6,13-14,37H,1,7-12H2,2-3H3,(H2,31,32). The fourth-order valence-corrected chi connectivity index (χ4v) is 5.59. The van der Waals surface area contributed by atoms with Crippen molar-refractivity contribution in [2.24, 2.45) is 0 Å². The maximum absolute atomic E-state index is 16.2. The van der Waals surface area contributed by atoms with Gasteiger partial charge in [-0.2, -0.15) is 13.2 Å². The normalized spacial score (nSPS) is 22.4. The average molecular weight is 565 g/mol. The lowest BCUT2D eigenvalue weighted by atomic mass is 10.00. The van der Waals surface area contributed by atoms with Crippen LogP contribution in [0.2, 0.25) is 0 Å². The Balaban J connectivity index is 1.73. The number of aliphatic hydroxyl groups excluding tert-OH is 1. The molecule has 5 rings (SSSR count). The van der Waals surface area contributed by atoms with Gasteiger partial charge in [0.05, 0.1) is 17.7 Å². The number of anilines is 2. The first-order valence-corrected chi connectivity index (χ1v) is 12.6. The summed E-state index contributed by atoms with van der Waals surface area (Å²) in [4.78, 5) is 38.7. The van der Waals surface area contributed by atoms with E-state index in [0.29, 0.717) is 6.07 Å². The minimum absolute atomic E-state index is 0.00762. The molecule has 0 saturated carbocycles. The highest BCUT2D eigenvalue weighted by Gasteiger charge is 2.46. The van der Waals surface area contributed by atoms with E-state index < -0.39 is 58.3 Å². The number of hydrogen-bond acceptors (Lipinski definition) is 8. The Morgan fingerprint density at radius 2 is 1.95 bits per heavy atom. The van der Waals surface area contributed by atoms with Crippen molar-refractivity contribution < 1.29 is 37.0 Å². The molecule has 14 heteroatoms. The van der Waals surface area contributed by atoms with Gasteiger partial charge in [0.1, 0.15) is 35.2 Å². The van der Waals surface area contributed by atoms with Crippen LogP contribution in [0.15, 0.2) is 24.8 Å². The number of nitrogens with two attached hydrogens (primary N) is 1. The van der Waals surface area contributed by atoms with E-state index in [4.69, 9.17) is 10.5 Å². The minimum Gasteiger partial charge on any atom is -0.487 e. The second-order valence-electron chi connectivity index (χ2n) is 10.7. The number of carbonyl (C=O) groups is 2. The molecule has 0 aromatic carbocycles. The number of fused-ring (bicyclic) bond motifs is 2. The zero-order chi connectivity index (χ0) is 29.1. The number of rotatable bonds is 3. The van der Waals surface area contributed by atoms with Crippen molar-refractivity contribution in [3.05, 3.63) is 41.7 Å². The van der Waals surface area contributed by atoms with Gasteiger partial charge in [0, 0.05) is 31.7 Å². The van der Waals surface area contributed by atoms with Gasteiger partial charge in [-0.1, -0.05) is 6.58 Å². The van der Waals surface area contributed by atoms with E-state index in [9.17, 15) is 27.9 Å².